The third kappa shape index (κ3) is 2.28. The van der Waals surface area contributed by atoms with E-state index in [0.29, 0.717) is 11.4 Å². The Morgan fingerprint density at radius 3 is 2.45 bits per heavy atom. The number of piperidine rings is 1. The summed E-state index contributed by atoms with van der Waals surface area (Å²) >= 11 is 0. The van der Waals surface area contributed by atoms with Gasteiger partial charge in [-0.25, -0.2) is 4.98 Å². The van der Waals surface area contributed by atoms with Crippen molar-refractivity contribution in [3.8, 4) is 0 Å². The largest absolute Gasteiger partial charge is 0.378 e. The van der Waals surface area contributed by atoms with Crippen molar-refractivity contribution in [2.24, 2.45) is 5.41 Å². The van der Waals surface area contributed by atoms with E-state index in [9.17, 15) is 10.1 Å². The SMILES string of the molecule is Nc1nc(N2CCC3(CCCC3)CC2)ncc1[N+](=O)[O-]. The predicted octanol–water partition coefficient (Wildman–Crippen LogP) is 2.13. The summed E-state index contributed by atoms with van der Waals surface area (Å²) in [4.78, 5) is 20.4. The Labute approximate surface area is 117 Å². The van der Waals surface area contributed by atoms with Gasteiger partial charge in [0, 0.05) is 13.1 Å². The maximum Gasteiger partial charge on any atom is 0.329 e. The van der Waals surface area contributed by atoms with Gasteiger partial charge in [-0.2, -0.15) is 4.98 Å². The first-order valence-electron chi connectivity index (χ1n) is 7.12. The number of nitrogen functional groups attached to an aromatic ring is 1. The molecule has 1 aromatic heterocycles. The van der Waals surface area contributed by atoms with E-state index >= 15 is 0 Å². The van der Waals surface area contributed by atoms with Crippen LogP contribution >= 0.6 is 0 Å². The second kappa shape index (κ2) is 4.88. The van der Waals surface area contributed by atoms with Crippen molar-refractivity contribution >= 4 is 17.5 Å². The van der Waals surface area contributed by atoms with Crippen molar-refractivity contribution in [3.05, 3.63) is 16.3 Å². The number of anilines is 2. The molecule has 2 N–H and O–H groups in total. The lowest BCUT2D eigenvalue weighted by Gasteiger charge is -2.39. The Morgan fingerprint density at radius 2 is 1.90 bits per heavy atom. The first-order chi connectivity index (χ1) is 9.60. The van der Waals surface area contributed by atoms with Crippen molar-refractivity contribution in [3.63, 3.8) is 0 Å². The molecule has 0 amide bonds. The van der Waals surface area contributed by atoms with Gasteiger partial charge in [-0.1, -0.05) is 12.8 Å². The molecule has 1 spiro atoms. The van der Waals surface area contributed by atoms with Gasteiger partial charge in [-0.3, -0.25) is 10.1 Å². The fraction of sp³-hybridized carbons (Fsp3) is 0.692. The van der Waals surface area contributed by atoms with E-state index in [-0.39, 0.29) is 11.5 Å². The van der Waals surface area contributed by atoms with Crippen LogP contribution in [0.2, 0.25) is 0 Å². The van der Waals surface area contributed by atoms with Gasteiger partial charge in [0.2, 0.25) is 11.8 Å². The van der Waals surface area contributed by atoms with Crippen molar-refractivity contribution in [2.45, 2.75) is 38.5 Å². The molecule has 0 unspecified atom stereocenters. The zero-order valence-corrected chi connectivity index (χ0v) is 11.4. The van der Waals surface area contributed by atoms with Gasteiger partial charge in [-0.15, -0.1) is 0 Å². The molecule has 1 aliphatic carbocycles. The van der Waals surface area contributed by atoms with Crippen molar-refractivity contribution in [2.75, 3.05) is 23.7 Å². The average molecular weight is 277 g/mol. The average Bonchev–Trinajstić information content (AvgIpc) is 2.87. The molecule has 1 saturated heterocycles. The zero-order valence-electron chi connectivity index (χ0n) is 11.4. The summed E-state index contributed by atoms with van der Waals surface area (Å²) in [5.41, 5.74) is 5.93. The maximum absolute atomic E-state index is 10.7. The third-order valence-corrected chi connectivity index (χ3v) is 4.75. The molecule has 7 heteroatoms. The molecule has 0 radical (unpaired) electrons. The third-order valence-electron chi connectivity index (χ3n) is 4.75. The standard InChI is InChI=1S/C13H19N5O2/c14-11-10(18(19)20)9-15-12(16-11)17-7-5-13(6-8-17)3-1-2-4-13/h9H,1-8H2,(H2,14,15,16). The molecule has 2 aliphatic rings. The van der Waals surface area contributed by atoms with E-state index in [4.69, 9.17) is 5.73 Å². The fourth-order valence-electron chi connectivity index (χ4n) is 3.48. The van der Waals surface area contributed by atoms with Crippen molar-refractivity contribution < 1.29 is 4.92 Å². The number of aromatic nitrogens is 2. The lowest BCUT2D eigenvalue weighted by Crippen LogP contribution is -2.39. The summed E-state index contributed by atoms with van der Waals surface area (Å²) < 4.78 is 0. The quantitative estimate of drug-likeness (QED) is 0.656. The highest BCUT2D eigenvalue weighted by Gasteiger charge is 2.37. The summed E-state index contributed by atoms with van der Waals surface area (Å²) in [6.07, 6.45) is 8.90. The molecule has 108 valence electrons. The highest BCUT2D eigenvalue weighted by atomic mass is 16.6. The highest BCUT2D eigenvalue weighted by Crippen LogP contribution is 2.46. The Morgan fingerprint density at radius 1 is 1.25 bits per heavy atom. The van der Waals surface area contributed by atoms with Gasteiger partial charge in [0.25, 0.3) is 0 Å². The van der Waals surface area contributed by atoms with Crippen LogP contribution in [-0.2, 0) is 0 Å². The van der Waals surface area contributed by atoms with Crippen LogP contribution in [0.25, 0.3) is 0 Å². The van der Waals surface area contributed by atoms with E-state index < -0.39 is 4.92 Å². The van der Waals surface area contributed by atoms with E-state index in [1.165, 1.54) is 31.9 Å². The Kier molecular flexibility index (Phi) is 3.19. The number of nitrogens with two attached hydrogens (primary N) is 1. The summed E-state index contributed by atoms with van der Waals surface area (Å²) in [6.45, 7) is 1.83. The zero-order chi connectivity index (χ0) is 14.2. The van der Waals surface area contributed by atoms with Gasteiger partial charge < -0.3 is 10.6 Å². The maximum atomic E-state index is 10.7. The monoisotopic (exact) mass is 277 g/mol. The van der Waals surface area contributed by atoms with Gasteiger partial charge in [0.1, 0.15) is 6.20 Å². The molecular formula is C13H19N5O2. The van der Waals surface area contributed by atoms with E-state index in [2.05, 4.69) is 14.9 Å². The number of nitro groups is 1. The molecule has 7 nitrogen and oxygen atoms in total. The Bertz CT molecular complexity index is 517. The Balaban J connectivity index is 1.72. The van der Waals surface area contributed by atoms with Gasteiger partial charge >= 0.3 is 5.69 Å². The molecule has 0 atom stereocenters. The normalized spacial score (nSPS) is 21.3. The molecule has 2 heterocycles. The number of nitrogens with zero attached hydrogens (tertiary/aromatic N) is 4. The smallest absolute Gasteiger partial charge is 0.329 e. The second-order valence-corrected chi connectivity index (χ2v) is 5.89. The van der Waals surface area contributed by atoms with E-state index in [0.717, 1.165) is 25.9 Å². The van der Waals surface area contributed by atoms with Crippen molar-refractivity contribution in [1.82, 2.24) is 9.97 Å². The molecule has 0 bridgehead atoms. The van der Waals surface area contributed by atoms with Crippen LogP contribution < -0.4 is 10.6 Å². The van der Waals surface area contributed by atoms with Crippen LogP contribution in [0.4, 0.5) is 17.5 Å². The van der Waals surface area contributed by atoms with Crippen LogP contribution in [0, 0.1) is 15.5 Å². The molecule has 1 aromatic rings. The summed E-state index contributed by atoms with van der Waals surface area (Å²) in [7, 11) is 0. The molecule has 3 rings (SSSR count). The second-order valence-electron chi connectivity index (χ2n) is 5.89. The topological polar surface area (TPSA) is 98.2 Å². The van der Waals surface area contributed by atoms with Gasteiger partial charge in [0.15, 0.2) is 0 Å². The molecule has 1 saturated carbocycles. The minimum Gasteiger partial charge on any atom is -0.378 e. The number of hydrogen-bond donors (Lipinski definition) is 1. The first kappa shape index (κ1) is 13.1. The van der Waals surface area contributed by atoms with Crippen LogP contribution in [0.15, 0.2) is 6.20 Å². The van der Waals surface area contributed by atoms with Crippen LogP contribution in [0.3, 0.4) is 0 Å². The molecule has 0 aromatic carbocycles. The minimum atomic E-state index is -0.553. The highest BCUT2D eigenvalue weighted by molar-refractivity contribution is 5.53. The number of rotatable bonds is 2. The summed E-state index contributed by atoms with van der Waals surface area (Å²) in [6, 6.07) is 0. The fourth-order valence-corrected chi connectivity index (χ4v) is 3.48. The molecular weight excluding hydrogens is 258 g/mol. The van der Waals surface area contributed by atoms with Crippen LogP contribution in [0.1, 0.15) is 38.5 Å². The van der Waals surface area contributed by atoms with Gasteiger partial charge in [0.05, 0.1) is 4.92 Å². The lowest BCUT2D eigenvalue weighted by molar-refractivity contribution is -0.384. The van der Waals surface area contributed by atoms with Crippen LogP contribution in [-0.4, -0.2) is 28.0 Å². The lowest BCUT2D eigenvalue weighted by atomic mass is 9.77. The van der Waals surface area contributed by atoms with Crippen molar-refractivity contribution in [1.29, 1.82) is 0 Å². The summed E-state index contributed by atoms with van der Waals surface area (Å²) in [5, 5.41) is 10.7. The molecule has 20 heavy (non-hydrogen) atoms. The van der Waals surface area contributed by atoms with E-state index in [1.54, 1.807) is 0 Å². The van der Waals surface area contributed by atoms with Crippen LogP contribution in [0.5, 0.6) is 0 Å². The minimum absolute atomic E-state index is 0.0545. The molecule has 2 fully saturated rings. The molecule has 1 aliphatic heterocycles. The number of hydrogen-bond acceptors (Lipinski definition) is 6. The Hall–Kier alpha value is -1.92. The van der Waals surface area contributed by atoms with Gasteiger partial charge in [-0.05, 0) is 31.1 Å². The first-order valence-corrected chi connectivity index (χ1v) is 7.12. The van der Waals surface area contributed by atoms with E-state index in [1.807, 2.05) is 0 Å². The summed E-state index contributed by atoms with van der Waals surface area (Å²) in [5.74, 6) is 0.460. The predicted molar refractivity (Wildman–Crippen MR) is 75.4 cm³/mol.